The van der Waals surface area contributed by atoms with E-state index < -0.39 is 0 Å². The molecule has 0 bridgehead atoms. The average molecular weight is 264 g/mol. The molecule has 1 aromatic heterocycles. The van der Waals surface area contributed by atoms with Gasteiger partial charge in [0.25, 0.3) is 5.91 Å². The van der Waals surface area contributed by atoms with Gasteiger partial charge in [-0.1, -0.05) is 13.8 Å². The lowest BCUT2D eigenvalue weighted by molar-refractivity contribution is 0.0925. The number of aromatic nitrogens is 1. The molecule has 0 fully saturated rings. The van der Waals surface area contributed by atoms with Crippen molar-refractivity contribution in [3.63, 3.8) is 0 Å². The summed E-state index contributed by atoms with van der Waals surface area (Å²) in [6.07, 6.45) is 1.63. The van der Waals surface area contributed by atoms with Crippen LogP contribution in [0.5, 0.6) is 0 Å². The first-order valence-electron chi connectivity index (χ1n) is 6.77. The second kappa shape index (κ2) is 7.74. The summed E-state index contributed by atoms with van der Waals surface area (Å²) in [5.74, 6) is -0.128. The molecule has 1 rings (SSSR count). The van der Waals surface area contributed by atoms with Gasteiger partial charge in [0.2, 0.25) is 0 Å². The van der Waals surface area contributed by atoms with E-state index in [1.807, 2.05) is 20.0 Å². The summed E-state index contributed by atoms with van der Waals surface area (Å²) in [7, 11) is 1.82. The zero-order valence-corrected chi connectivity index (χ0v) is 12.2. The number of nitrogens with one attached hydrogen (secondary N) is 2. The number of likely N-dealkylation sites (N-methyl/N-ethyl adjacent to an activating group) is 1. The van der Waals surface area contributed by atoms with Crippen molar-refractivity contribution in [3.05, 3.63) is 24.0 Å². The minimum Gasteiger partial charge on any atom is -0.388 e. The third-order valence-electron chi connectivity index (χ3n) is 3.09. The molecular formula is C14H24N4O. The van der Waals surface area contributed by atoms with Crippen LogP contribution in [-0.2, 0) is 0 Å². The minimum absolute atomic E-state index is 0.104. The summed E-state index contributed by atoms with van der Waals surface area (Å²) < 4.78 is 0. The van der Waals surface area contributed by atoms with Crippen molar-refractivity contribution in [1.82, 2.24) is 15.2 Å². The number of rotatable bonds is 7. The molecule has 0 aliphatic heterocycles. The molecule has 0 aliphatic carbocycles. The van der Waals surface area contributed by atoms with E-state index in [9.17, 15) is 4.79 Å². The smallest absolute Gasteiger partial charge is 0.270 e. The highest BCUT2D eigenvalue weighted by Crippen LogP contribution is 2.06. The summed E-state index contributed by atoms with van der Waals surface area (Å²) in [5.41, 5.74) is 1.33. The van der Waals surface area contributed by atoms with Crippen LogP contribution in [-0.4, -0.2) is 48.5 Å². The number of carbonyl (C=O) groups is 1. The van der Waals surface area contributed by atoms with Crippen molar-refractivity contribution in [3.8, 4) is 0 Å². The highest BCUT2D eigenvalue weighted by molar-refractivity contribution is 5.93. The Balaban J connectivity index is 2.58. The van der Waals surface area contributed by atoms with Gasteiger partial charge in [0.15, 0.2) is 0 Å². The summed E-state index contributed by atoms with van der Waals surface area (Å²) in [6, 6.07) is 3.68. The fourth-order valence-corrected chi connectivity index (χ4v) is 1.92. The maximum absolute atomic E-state index is 12.1. The molecular weight excluding hydrogens is 240 g/mol. The molecule has 1 atom stereocenters. The van der Waals surface area contributed by atoms with Gasteiger partial charge in [-0.3, -0.25) is 9.78 Å². The Labute approximate surface area is 115 Å². The van der Waals surface area contributed by atoms with Crippen LogP contribution in [0.4, 0.5) is 5.69 Å². The molecule has 1 aromatic rings. The molecule has 19 heavy (non-hydrogen) atoms. The van der Waals surface area contributed by atoms with Gasteiger partial charge >= 0.3 is 0 Å². The molecule has 1 heterocycles. The Kier molecular flexibility index (Phi) is 6.29. The number of hydrogen-bond acceptors (Lipinski definition) is 4. The topological polar surface area (TPSA) is 57.3 Å². The average Bonchev–Trinajstić information content (AvgIpc) is 2.44. The van der Waals surface area contributed by atoms with Crippen LogP contribution in [0.1, 0.15) is 31.3 Å². The molecule has 0 saturated carbocycles. The molecule has 0 radical (unpaired) electrons. The number of amides is 1. The maximum atomic E-state index is 12.1. The fourth-order valence-electron chi connectivity index (χ4n) is 1.92. The summed E-state index contributed by atoms with van der Waals surface area (Å²) in [4.78, 5) is 18.4. The van der Waals surface area contributed by atoms with E-state index in [4.69, 9.17) is 0 Å². The number of hydrogen-bond donors (Lipinski definition) is 2. The lowest BCUT2D eigenvalue weighted by atomic mass is 10.2. The zero-order chi connectivity index (χ0) is 14.3. The molecule has 0 saturated heterocycles. The Morgan fingerprint density at radius 1 is 1.42 bits per heavy atom. The second-order valence-corrected chi connectivity index (χ2v) is 4.54. The minimum atomic E-state index is -0.128. The van der Waals surface area contributed by atoms with Gasteiger partial charge in [0, 0.05) is 31.5 Å². The van der Waals surface area contributed by atoms with Crippen molar-refractivity contribution in [2.75, 3.05) is 32.0 Å². The van der Waals surface area contributed by atoms with Crippen molar-refractivity contribution in [2.45, 2.75) is 26.8 Å². The monoisotopic (exact) mass is 264 g/mol. The highest BCUT2D eigenvalue weighted by Gasteiger charge is 2.13. The number of anilines is 1. The Morgan fingerprint density at radius 3 is 2.68 bits per heavy atom. The summed E-state index contributed by atoms with van der Waals surface area (Å²) >= 11 is 0. The standard InChI is InChI=1S/C14H24N4O/c1-5-18(6-2)10-11(3)17-14(19)13-9-12(15-4)7-8-16-13/h7-9,11H,5-6,10H2,1-4H3,(H,15,16)(H,17,19). The molecule has 5 nitrogen and oxygen atoms in total. The lowest BCUT2D eigenvalue weighted by Gasteiger charge is -2.23. The highest BCUT2D eigenvalue weighted by atomic mass is 16.1. The third-order valence-corrected chi connectivity index (χ3v) is 3.09. The first-order valence-corrected chi connectivity index (χ1v) is 6.77. The van der Waals surface area contributed by atoms with Gasteiger partial charge in [-0.25, -0.2) is 0 Å². The van der Waals surface area contributed by atoms with Gasteiger partial charge in [0.05, 0.1) is 0 Å². The van der Waals surface area contributed by atoms with Gasteiger partial charge in [-0.15, -0.1) is 0 Å². The third kappa shape index (κ3) is 4.87. The molecule has 106 valence electrons. The van der Waals surface area contributed by atoms with Crippen LogP contribution < -0.4 is 10.6 Å². The van der Waals surface area contributed by atoms with E-state index in [0.717, 1.165) is 25.3 Å². The molecule has 0 aliphatic rings. The van der Waals surface area contributed by atoms with Crippen molar-refractivity contribution >= 4 is 11.6 Å². The predicted octanol–water partition coefficient (Wildman–Crippen LogP) is 1.58. The Bertz CT molecular complexity index is 404. The number of pyridine rings is 1. The van der Waals surface area contributed by atoms with Crippen LogP contribution in [0.2, 0.25) is 0 Å². The van der Waals surface area contributed by atoms with Gasteiger partial charge in [-0.2, -0.15) is 0 Å². The van der Waals surface area contributed by atoms with E-state index in [-0.39, 0.29) is 11.9 Å². The van der Waals surface area contributed by atoms with Crippen molar-refractivity contribution in [1.29, 1.82) is 0 Å². The van der Waals surface area contributed by atoms with Crippen LogP contribution in [0.15, 0.2) is 18.3 Å². The summed E-state index contributed by atoms with van der Waals surface area (Å²) in [5, 5.41) is 5.97. The molecule has 2 N–H and O–H groups in total. The number of nitrogens with zero attached hydrogens (tertiary/aromatic N) is 2. The van der Waals surface area contributed by atoms with Gasteiger partial charge in [-0.05, 0) is 32.1 Å². The van der Waals surface area contributed by atoms with E-state index in [1.54, 1.807) is 12.3 Å². The van der Waals surface area contributed by atoms with Gasteiger partial charge in [0.1, 0.15) is 5.69 Å². The molecule has 1 unspecified atom stereocenters. The molecule has 1 amide bonds. The molecule has 0 spiro atoms. The quantitative estimate of drug-likeness (QED) is 0.785. The maximum Gasteiger partial charge on any atom is 0.270 e. The Morgan fingerprint density at radius 2 is 2.11 bits per heavy atom. The van der Waals surface area contributed by atoms with Crippen molar-refractivity contribution in [2.24, 2.45) is 0 Å². The van der Waals surface area contributed by atoms with Crippen LogP contribution in [0.3, 0.4) is 0 Å². The molecule has 5 heteroatoms. The van der Waals surface area contributed by atoms with Crippen LogP contribution in [0, 0.1) is 0 Å². The largest absolute Gasteiger partial charge is 0.388 e. The second-order valence-electron chi connectivity index (χ2n) is 4.54. The van der Waals surface area contributed by atoms with Gasteiger partial charge < -0.3 is 15.5 Å². The lowest BCUT2D eigenvalue weighted by Crippen LogP contribution is -2.42. The van der Waals surface area contributed by atoms with E-state index in [1.165, 1.54) is 0 Å². The van der Waals surface area contributed by atoms with E-state index in [2.05, 4.69) is 34.4 Å². The van der Waals surface area contributed by atoms with E-state index >= 15 is 0 Å². The number of carbonyl (C=O) groups excluding carboxylic acids is 1. The predicted molar refractivity (Wildman–Crippen MR) is 78.5 cm³/mol. The van der Waals surface area contributed by atoms with E-state index in [0.29, 0.717) is 5.69 Å². The SMILES string of the molecule is CCN(CC)CC(C)NC(=O)c1cc(NC)ccn1. The first kappa shape index (κ1) is 15.4. The first-order chi connectivity index (χ1) is 9.10. The van der Waals surface area contributed by atoms with Crippen LogP contribution >= 0.6 is 0 Å². The van der Waals surface area contributed by atoms with Crippen LogP contribution in [0.25, 0.3) is 0 Å². The normalized spacial score (nSPS) is 12.3. The van der Waals surface area contributed by atoms with Crippen molar-refractivity contribution < 1.29 is 4.79 Å². The summed E-state index contributed by atoms with van der Waals surface area (Å²) in [6.45, 7) is 9.09. The Hall–Kier alpha value is -1.62. The zero-order valence-electron chi connectivity index (χ0n) is 12.2. The molecule has 0 aromatic carbocycles. The fraction of sp³-hybridized carbons (Fsp3) is 0.571.